The van der Waals surface area contributed by atoms with E-state index in [9.17, 15) is 19.5 Å². The highest BCUT2D eigenvalue weighted by molar-refractivity contribution is 6.01. The molecule has 0 amide bonds. The van der Waals surface area contributed by atoms with Crippen LogP contribution in [0.1, 0.15) is 59.3 Å². The zero-order chi connectivity index (χ0) is 20.3. The first-order chi connectivity index (χ1) is 13.2. The van der Waals surface area contributed by atoms with Gasteiger partial charge in [-0.3, -0.25) is 14.4 Å². The molecule has 0 radical (unpaired) electrons. The summed E-state index contributed by atoms with van der Waals surface area (Å²) in [4.78, 5) is 35.8. The monoisotopic (exact) mass is 386 g/mol. The van der Waals surface area contributed by atoms with Gasteiger partial charge in [0.2, 0.25) is 5.78 Å². The van der Waals surface area contributed by atoms with E-state index in [2.05, 4.69) is 19.9 Å². The molecule has 7 atom stereocenters. The Balaban J connectivity index is 1.58. The minimum absolute atomic E-state index is 0.0580. The van der Waals surface area contributed by atoms with E-state index in [1.165, 1.54) is 12.5 Å². The number of esters is 1. The average Bonchev–Trinajstić information content (AvgIpc) is 2.98. The van der Waals surface area contributed by atoms with Gasteiger partial charge < -0.3 is 9.84 Å². The van der Waals surface area contributed by atoms with Gasteiger partial charge in [-0.05, 0) is 73.8 Å². The molecular formula is C23H30O5. The second kappa shape index (κ2) is 6.65. The number of hydrogen-bond acceptors (Lipinski definition) is 5. The second-order valence-corrected chi connectivity index (χ2v) is 9.64. The lowest BCUT2D eigenvalue weighted by Gasteiger charge is -2.57. The summed E-state index contributed by atoms with van der Waals surface area (Å²) >= 11 is 0. The topological polar surface area (TPSA) is 80.7 Å². The fraction of sp³-hybridized carbons (Fsp3) is 0.696. The van der Waals surface area contributed by atoms with Crippen LogP contribution in [0.2, 0.25) is 0 Å². The van der Waals surface area contributed by atoms with E-state index in [-0.39, 0.29) is 28.3 Å². The maximum atomic E-state index is 12.8. The fourth-order valence-electron chi connectivity index (χ4n) is 7.05. The van der Waals surface area contributed by atoms with Crippen LogP contribution in [0.15, 0.2) is 23.8 Å². The van der Waals surface area contributed by atoms with Crippen molar-refractivity contribution in [2.24, 2.45) is 34.5 Å². The molecule has 4 aliphatic rings. The average molecular weight is 386 g/mol. The van der Waals surface area contributed by atoms with Gasteiger partial charge in [-0.2, -0.15) is 0 Å². The summed E-state index contributed by atoms with van der Waals surface area (Å²) in [6, 6.07) is 0. The van der Waals surface area contributed by atoms with Crippen LogP contribution in [0, 0.1) is 34.5 Å². The molecule has 1 unspecified atom stereocenters. The van der Waals surface area contributed by atoms with Gasteiger partial charge in [-0.15, -0.1) is 0 Å². The molecule has 0 aromatic heterocycles. The van der Waals surface area contributed by atoms with Crippen LogP contribution in [0.25, 0.3) is 0 Å². The van der Waals surface area contributed by atoms with Crippen molar-refractivity contribution in [2.45, 2.75) is 65.6 Å². The Morgan fingerprint density at radius 3 is 2.64 bits per heavy atom. The van der Waals surface area contributed by atoms with E-state index < -0.39 is 12.3 Å². The quantitative estimate of drug-likeness (QED) is 0.594. The van der Waals surface area contributed by atoms with Gasteiger partial charge in [0.1, 0.15) is 0 Å². The number of carbonyl (C=O) groups excluding carboxylic acids is 3. The predicted molar refractivity (Wildman–Crippen MR) is 103 cm³/mol. The summed E-state index contributed by atoms with van der Waals surface area (Å²) in [5.41, 5.74) is 1.05. The van der Waals surface area contributed by atoms with Crippen molar-refractivity contribution >= 4 is 17.5 Å². The molecule has 0 saturated heterocycles. The first-order valence-corrected chi connectivity index (χ1v) is 10.5. The molecule has 3 saturated carbocycles. The van der Waals surface area contributed by atoms with Crippen molar-refractivity contribution in [1.82, 2.24) is 0 Å². The number of aliphatic hydroxyl groups excluding tert-OH is 1. The third-order valence-corrected chi connectivity index (χ3v) is 8.42. The lowest BCUT2D eigenvalue weighted by atomic mass is 9.47. The van der Waals surface area contributed by atoms with Crippen LogP contribution in [-0.2, 0) is 19.1 Å². The normalized spacial score (nSPS) is 42.7. The van der Waals surface area contributed by atoms with Crippen LogP contribution in [0.3, 0.4) is 0 Å². The molecule has 28 heavy (non-hydrogen) atoms. The highest BCUT2D eigenvalue weighted by Gasteiger charge is 2.60. The van der Waals surface area contributed by atoms with E-state index in [1.54, 1.807) is 6.08 Å². The number of ketones is 2. The van der Waals surface area contributed by atoms with Gasteiger partial charge in [0.25, 0.3) is 6.29 Å². The summed E-state index contributed by atoms with van der Waals surface area (Å²) in [5.74, 6) is 0.282. The van der Waals surface area contributed by atoms with Crippen LogP contribution in [0.4, 0.5) is 0 Å². The highest BCUT2D eigenvalue weighted by atomic mass is 16.6. The van der Waals surface area contributed by atoms with Crippen molar-refractivity contribution in [3.8, 4) is 0 Å². The van der Waals surface area contributed by atoms with Crippen molar-refractivity contribution in [2.75, 3.05) is 0 Å². The van der Waals surface area contributed by atoms with Gasteiger partial charge in [0.15, 0.2) is 5.78 Å². The summed E-state index contributed by atoms with van der Waals surface area (Å²) in [7, 11) is 0. The Labute approximate surface area is 166 Å². The van der Waals surface area contributed by atoms with Crippen molar-refractivity contribution in [3.63, 3.8) is 0 Å². The maximum Gasteiger partial charge on any atom is 0.305 e. The molecule has 5 heteroatoms. The number of allylic oxidation sites excluding steroid dienone is 4. The number of ether oxygens (including phenoxy) is 1. The molecule has 3 fully saturated rings. The molecule has 5 nitrogen and oxygen atoms in total. The number of aliphatic hydroxyl groups is 1. The van der Waals surface area contributed by atoms with Crippen LogP contribution in [0.5, 0.6) is 0 Å². The molecule has 4 aliphatic carbocycles. The molecule has 0 spiro atoms. The predicted octanol–water partition coefficient (Wildman–Crippen LogP) is 3.36. The standard InChI is InChI=1S/C23H30O5/c1-13(24)28-21(27)20(26)19-7-6-17-16-5-4-14-12-15(25)8-10-22(14,2)18(16)9-11-23(17,19)3/h8,10,12,16-19,21,27H,4-7,9,11H2,1-3H3/t16-,17-,18-,19+,21?,22-,23-/m0/s1. The Kier molecular flexibility index (Phi) is 4.65. The first-order valence-electron chi connectivity index (χ1n) is 10.5. The van der Waals surface area contributed by atoms with Crippen LogP contribution < -0.4 is 0 Å². The number of fused-ring (bicyclic) bond motifs is 5. The number of carbonyl (C=O) groups is 3. The molecule has 0 aliphatic heterocycles. The Morgan fingerprint density at radius 2 is 1.93 bits per heavy atom. The molecule has 152 valence electrons. The van der Waals surface area contributed by atoms with Crippen molar-refractivity contribution in [3.05, 3.63) is 23.8 Å². The summed E-state index contributed by atoms with van der Waals surface area (Å²) in [6.45, 7) is 5.66. The fourth-order valence-corrected chi connectivity index (χ4v) is 7.05. The zero-order valence-corrected chi connectivity index (χ0v) is 16.9. The van der Waals surface area contributed by atoms with Gasteiger partial charge in [0, 0.05) is 18.3 Å². The van der Waals surface area contributed by atoms with E-state index in [1.807, 2.05) is 6.08 Å². The summed E-state index contributed by atoms with van der Waals surface area (Å²) in [5, 5.41) is 10.1. The SMILES string of the molecule is CC(=O)OC(O)C(=O)[C@H]1CC[C@H]2[C@@H]3CCC4=CC(=O)C=C[C@]4(C)[C@H]3CC[C@]12C. The van der Waals surface area contributed by atoms with Crippen molar-refractivity contribution < 1.29 is 24.2 Å². The van der Waals surface area contributed by atoms with E-state index in [0.717, 1.165) is 38.5 Å². The van der Waals surface area contributed by atoms with Crippen molar-refractivity contribution in [1.29, 1.82) is 0 Å². The van der Waals surface area contributed by atoms with Crippen LogP contribution >= 0.6 is 0 Å². The molecular weight excluding hydrogens is 356 g/mol. The number of Topliss-reactive ketones (excluding diaryl/α,β-unsaturated/α-hetero) is 1. The van der Waals surface area contributed by atoms with Gasteiger partial charge >= 0.3 is 5.97 Å². The largest absolute Gasteiger partial charge is 0.428 e. The number of rotatable bonds is 3. The molecule has 4 rings (SSSR count). The van der Waals surface area contributed by atoms with Gasteiger partial charge in [0.05, 0.1) is 0 Å². The Bertz CT molecular complexity index is 780. The van der Waals surface area contributed by atoms with Gasteiger partial charge in [-0.25, -0.2) is 0 Å². The lowest BCUT2D eigenvalue weighted by molar-refractivity contribution is -0.178. The Hall–Kier alpha value is -1.75. The summed E-state index contributed by atoms with van der Waals surface area (Å²) < 4.78 is 4.77. The third kappa shape index (κ3) is 2.81. The first kappa shape index (κ1) is 19.6. The van der Waals surface area contributed by atoms with E-state index >= 15 is 0 Å². The number of hydrogen-bond donors (Lipinski definition) is 1. The van der Waals surface area contributed by atoms with E-state index in [0.29, 0.717) is 17.8 Å². The minimum Gasteiger partial charge on any atom is -0.428 e. The lowest BCUT2D eigenvalue weighted by Crippen LogP contribution is -2.51. The zero-order valence-electron chi connectivity index (χ0n) is 16.9. The molecule has 0 aromatic carbocycles. The molecule has 1 N–H and O–H groups in total. The van der Waals surface area contributed by atoms with E-state index in [4.69, 9.17) is 4.74 Å². The van der Waals surface area contributed by atoms with Crippen LogP contribution in [-0.4, -0.2) is 28.9 Å². The molecule has 0 aromatic rings. The second-order valence-electron chi connectivity index (χ2n) is 9.64. The smallest absolute Gasteiger partial charge is 0.305 e. The van der Waals surface area contributed by atoms with Gasteiger partial charge in [-0.1, -0.05) is 25.5 Å². The molecule has 0 bridgehead atoms. The summed E-state index contributed by atoms with van der Waals surface area (Å²) in [6.07, 6.45) is 9.66. The highest BCUT2D eigenvalue weighted by Crippen LogP contribution is 2.66. The molecule has 0 heterocycles. The Morgan fingerprint density at radius 1 is 1.18 bits per heavy atom. The minimum atomic E-state index is -1.65. The maximum absolute atomic E-state index is 12.8. The third-order valence-electron chi connectivity index (χ3n) is 8.42.